The molecular weight excluding hydrogens is 192 g/mol. The molecule has 1 aromatic rings. The van der Waals surface area contributed by atoms with Crippen molar-refractivity contribution in [2.24, 2.45) is 0 Å². The van der Waals surface area contributed by atoms with Gasteiger partial charge in [0.1, 0.15) is 6.61 Å². The number of epoxide rings is 1. The predicted octanol–water partition coefficient (Wildman–Crippen LogP) is 1.91. The molecular formula is C12H14O3. The quantitative estimate of drug-likeness (QED) is 0.545. The summed E-state index contributed by atoms with van der Waals surface area (Å²) in [4.78, 5) is 11.3. The summed E-state index contributed by atoms with van der Waals surface area (Å²) in [5.41, 5.74) is 1.02. The van der Waals surface area contributed by atoms with Gasteiger partial charge in [0.05, 0.1) is 12.7 Å². The summed E-state index contributed by atoms with van der Waals surface area (Å²) in [5.74, 6) is -0.144. The van der Waals surface area contributed by atoms with Crippen LogP contribution in [0.3, 0.4) is 0 Å². The normalized spacial score (nSPS) is 18.5. The first-order valence-corrected chi connectivity index (χ1v) is 5.16. The van der Waals surface area contributed by atoms with Crippen molar-refractivity contribution in [3.8, 4) is 0 Å². The summed E-state index contributed by atoms with van der Waals surface area (Å²) in [6.45, 7) is 1.16. The van der Waals surface area contributed by atoms with Gasteiger partial charge < -0.3 is 9.47 Å². The molecule has 0 radical (unpaired) electrons. The molecule has 1 fully saturated rings. The van der Waals surface area contributed by atoms with Crippen molar-refractivity contribution < 1.29 is 14.3 Å². The van der Waals surface area contributed by atoms with E-state index in [1.807, 2.05) is 30.3 Å². The van der Waals surface area contributed by atoms with Crippen LogP contribution in [0.15, 0.2) is 30.3 Å². The number of hydrogen-bond donors (Lipinski definition) is 0. The second-order valence-electron chi connectivity index (χ2n) is 3.64. The van der Waals surface area contributed by atoms with Gasteiger partial charge in [0, 0.05) is 6.42 Å². The zero-order valence-corrected chi connectivity index (χ0v) is 8.52. The molecule has 0 N–H and O–H groups in total. The third-order valence-corrected chi connectivity index (χ3v) is 2.32. The topological polar surface area (TPSA) is 38.8 Å². The van der Waals surface area contributed by atoms with Gasteiger partial charge in [-0.2, -0.15) is 0 Å². The van der Waals surface area contributed by atoms with Crippen LogP contribution in [0.1, 0.15) is 18.4 Å². The zero-order valence-electron chi connectivity index (χ0n) is 8.52. The van der Waals surface area contributed by atoms with Crippen LogP contribution in [-0.2, 0) is 20.9 Å². The maximum atomic E-state index is 11.3. The second kappa shape index (κ2) is 4.94. The molecule has 1 unspecified atom stereocenters. The first-order valence-electron chi connectivity index (χ1n) is 5.16. The van der Waals surface area contributed by atoms with Crippen LogP contribution >= 0.6 is 0 Å². The Morgan fingerprint density at radius 2 is 2.13 bits per heavy atom. The van der Waals surface area contributed by atoms with E-state index < -0.39 is 0 Å². The molecule has 15 heavy (non-hydrogen) atoms. The summed E-state index contributed by atoms with van der Waals surface area (Å²) < 4.78 is 10.1. The highest BCUT2D eigenvalue weighted by Crippen LogP contribution is 2.15. The molecule has 1 aliphatic heterocycles. The lowest BCUT2D eigenvalue weighted by Gasteiger charge is -2.03. The molecule has 0 amide bonds. The monoisotopic (exact) mass is 206 g/mol. The van der Waals surface area contributed by atoms with E-state index >= 15 is 0 Å². The molecule has 0 aliphatic carbocycles. The van der Waals surface area contributed by atoms with Gasteiger partial charge in [-0.15, -0.1) is 0 Å². The third-order valence-electron chi connectivity index (χ3n) is 2.32. The summed E-state index contributed by atoms with van der Waals surface area (Å²) >= 11 is 0. The van der Waals surface area contributed by atoms with Gasteiger partial charge in [-0.1, -0.05) is 30.3 Å². The van der Waals surface area contributed by atoms with E-state index in [0.717, 1.165) is 18.6 Å². The molecule has 3 nitrogen and oxygen atoms in total. The number of rotatable bonds is 5. The SMILES string of the molecule is O=C(CCC1CO1)OCc1ccccc1. The van der Waals surface area contributed by atoms with Crippen molar-refractivity contribution in [3.63, 3.8) is 0 Å². The fraction of sp³-hybridized carbons (Fsp3) is 0.417. The van der Waals surface area contributed by atoms with Crippen LogP contribution in [0.4, 0.5) is 0 Å². The number of carbonyl (C=O) groups excluding carboxylic acids is 1. The first-order chi connectivity index (χ1) is 7.34. The van der Waals surface area contributed by atoms with Gasteiger partial charge in [0.25, 0.3) is 0 Å². The minimum absolute atomic E-state index is 0.144. The van der Waals surface area contributed by atoms with E-state index in [1.54, 1.807) is 0 Å². The number of hydrogen-bond acceptors (Lipinski definition) is 3. The zero-order chi connectivity index (χ0) is 10.5. The van der Waals surface area contributed by atoms with Crippen molar-refractivity contribution in [2.75, 3.05) is 6.61 Å². The van der Waals surface area contributed by atoms with Crippen molar-refractivity contribution >= 4 is 5.97 Å². The maximum Gasteiger partial charge on any atom is 0.306 e. The Hall–Kier alpha value is -1.35. The Kier molecular flexibility index (Phi) is 3.35. The Morgan fingerprint density at radius 1 is 1.40 bits per heavy atom. The standard InChI is InChI=1S/C12H14O3/c13-12(7-6-11-9-14-11)15-8-10-4-2-1-3-5-10/h1-5,11H,6-9H2. The minimum atomic E-state index is -0.144. The van der Waals surface area contributed by atoms with Gasteiger partial charge in [-0.3, -0.25) is 4.79 Å². The molecule has 0 bridgehead atoms. The molecule has 80 valence electrons. The summed E-state index contributed by atoms with van der Waals surface area (Å²) in [5, 5.41) is 0. The Morgan fingerprint density at radius 3 is 2.80 bits per heavy atom. The predicted molar refractivity (Wildman–Crippen MR) is 55.2 cm³/mol. The molecule has 3 heteroatoms. The molecule has 0 aromatic heterocycles. The highest BCUT2D eigenvalue weighted by Gasteiger charge is 2.23. The molecule has 1 aliphatic rings. The highest BCUT2D eigenvalue weighted by molar-refractivity contribution is 5.69. The Labute approximate surface area is 89.0 Å². The molecule has 0 saturated carbocycles. The smallest absolute Gasteiger partial charge is 0.306 e. The summed E-state index contributed by atoms with van der Waals surface area (Å²) in [6, 6.07) is 9.69. The molecule has 1 heterocycles. The highest BCUT2D eigenvalue weighted by atomic mass is 16.6. The van der Waals surface area contributed by atoms with Crippen LogP contribution < -0.4 is 0 Å². The van der Waals surface area contributed by atoms with Crippen LogP contribution in [0, 0.1) is 0 Å². The van der Waals surface area contributed by atoms with Gasteiger partial charge in [0.2, 0.25) is 0 Å². The molecule has 2 rings (SSSR count). The summed E-state index contributed by atoms with van der Waals surface area (Å²) in [6.07, 6.45) is 1.54. The third kappa shape index (κ3) is 3.72. The minimum Gasteiger partial charge on any atom is -0.461 e. The maximum absolute atomic E-state index is 11.3. The second-order valence-corrected chi connectivity index (χ2v) is 3.64. The van der Waals surface area contributed by atoms with Crippen molar-refractivity contribution in [2.45, 2.75) is 25.6 Å². The van der Waals surface area contributed by atoms with E-state index in [2.05, 4.69) is 0 Å². The van der Waals surface area contributed by atoms with E-state index in [1.165, 1.54) is 0 Å². The fourth-order valence-corrected chi connectivity index (χ4v) is 1.32. The Bertz CT molecular complexity index is 317. The fourth-order valence-electron chi connectivity index (χ4n) is 1.32. The van der Waals surface area contributed by atoms with Gasteiger partial charge in [-0.05, 0) is 12.0 Å². The van der Waals surface area contributed by atoms with Crippen molar-refractivity contribution in [1.82, 2.24) is 0 Å². The lowest BCUT2D eigenvalue weighted by molar-refractivity contribution is -0.145. The molecule has 1 aromatic carbocycles. The number of benzene rings is 1. The van der Waals surface area contributed by atoms with E-state index in [9.17, 15) is 4.79 Å². The summed E-state index contributed by atoms with van der Waals surface area (Å²) in [7, 11) is 0. The number of carbonyl (C=O) groups is 1. The molecule has 1 saturated heterocycles. The van der Waals surface area contributed by atoms with Gasteiger partial charge in [0.15, 0.2) is 0 Å². The van der Waals surface area contributed by atoms with Crippen LogP contribution in [0.2, 0.25) is 0 Å². The van der Waals surface area contributed by atoms with E-state index in [0.29, 0.717) is 19.1 Å². The van der Waals surface area contributed by atoms with Crippen LogP contribution in [0.25, 0.3) is 0 Å². The van der Waals surface area contributed by atoms with Gasteiger partial charge in [-0.25, -0.2) is 0 Å². The van der Waals surface area contributed by atoms with Crippen molar-refractivity contribution in [1.29, 1.82) is 0 Å². The molecule has 1 atom stereocenters. The first kappa shape index (κ1) is 10.2. The lowest BCUT2D eigenvalue weighted by Crippen LogP contribution is -2.05. The Balaban J connectivity index is 1.66. The number of ether oxygens (including phenoxy) is 2. The van der Waals surface area contributed by atoms with Crippen LogP contribution in [-0.4, -0.2) is 18.7 Å². The average Bonchev–Trinajstić information content (AvgIpc) is 3.09. The van der Waals surface area contributed by atoms with Crippen LogP contribution in [0.5, 0.6) is 0 Å². The van der Waals surface area contributed by atoms with Gasteiger partial charge >= 0.3 is 5.97 Å². The number of esters is 1. The largest absolute Gasteiger partial charge is 0.461 e. The molecule has 0 spiro atoms. The van der Waals surface area contributed by atoms with E-state index in [4.69, 9.17) is 9.47 Å². The van der Waals surface area contributed by atoms with Crippen molar-refractivity contribution in [3.05, 3.63) is 35.9 Å². The lowest BCUT2D eigenvalue weighted by atomic mass is 10.2. The average molecular weight is 206 g/mol. The van der Waals surface area contributed by atoms with E-state index in [-0.39, 0.29) is 5.97 Å².